The number of rotatable bonds is 12. The van der Waals surface area contributed by atoms with Crippen LogP contribution in [-0.2, 0) is 18.1 Å². The molecule has 0 heterocycles. The summed E-state index contributed by atoms with van der Waals surface area (Å²) in [4.78, 5) is 0. The second kappa shape index (κ2) is 12.1. The Balaban J connectivity index is 4.34. The summed E-state index contributed by atoms with van der Waals surface area (Å²) in [5.41, 5.74) is 0. The quantitative estimate of drug-likeness (QED) is 0.374. The predicted molar refractivity (Wildman–Crippen MR) is 83.7 cm³/mol. The van der Waals surface area contributed by atoms with Crippen LogP contribution < -0.4 is 0 Å². The average molecular weight is 302 g/mol. The highest BCUT2D eigenvalue weighted by molar-refractivity contribution is 7.48. The van der Waals surface area contributed by atoms with E-state index in [1.807, 2.05) is 12.2 Å². The molecule has 1 atom stereocenters. The molecule has 0 aliphatic rings. The van der Waals surface area contributed by atoms with Gasteiger partial charge in [-0.1, -0.05) is 37.3 Å². The van der Waals surface area contributed by atoms with E-state index in [4.69, 9.17) is 13.6 Å². The maximum Gasteiger partial charge on any atom is 0.475 e. The maximum atomic E-state index is 12.2. The Hall–Kier alpha value is -0.670. The largest absolute Gasteiger partial charge is 0.475 e. The highest BCUT2D eigenvalue weighted by atomic mass is 31.2. The van der Waals surface area contributed by atoms with Crippen LogP contribution in [0.2, 0.25) is 0 Å². The molecule has 0 saturated heterocycles. The van der Waals surface area contributed by atoms with Crippen LogP contribution in [-0.4, -0.2) is 19.3 Å². The molecule has 0 spiro atoms. The minimum Gasteiger partial charge on any atom is -0.287 e. The van der Waals surface area contributed by atoms with Gasteiger partial charge in [0, 0.05) is 0 Å². The van der Waals surface area contributed by atoms with E-state index in [2.05, 4.69) is 25.7 Å². The van der Waals surface area contributed by atoms with E-state index in [1.54, 1.807) is 19.9 Å². The van der Waals surface area contributed by atoms with E-state index >= 15 is 0 Å². The Labute approximate surface area is 123 Å². The van der Waals surface area contributed by atoms with Gasteiger partial charge in [-0.15, -0.1) is 6.58 Å². The molecule has 116 valence electrons. The van der Waals surface area contributed by atoms with Crippen molar-refractivity contribution in [2.75, 3.05) is 13.2 Å². The highest BCUT2D eigenvalue weighted by Crippen LogP contribution is 2.50. The van der Waals surface area contributed by atoms with Crippen molar-refractivity contribution in [1.29, 1.82) is 0 Å². The molecule has 0 aromatic rings. The summed E-state index contributed by atoms with van der Waals surface area (Å²) in [5, 5.41) is 0. The fourth-order valence-electron chi connectivity index (χ4n) is 1.43. The highest BCUT2D eigenvalue weighted by Gasteiger charge is 2.28. The zero-order valence-electron chi connectivity index (χ0n) is 12.8. The molecule has 0 aliphatic carbocycles. The summed E-state index contributed by atoms with van der Waals surface area (Å²) in [6.07, 6.45) is 12.0. The summed E-state index contributed by atoms with van der Waals surface area (Å²) < 4.78 is 27.8. The van der Waals surface area contributed by atoms with Crippen LogP contribution in [0.3, 0.4) is 0 Å². The van der Waals surface area contributed by atoms with E-state index in [0.29, 0.717) is 6.42 Å². The van der Waals surface area contributed by atoms with Crippen molar-refractivity contribution >= 4 is 7.82 Å². The lowest BCUT2D eigenvalue weighted by atomic mass is 10.2. The van der Waals surface area contributed by atoms with Gasteiger partial charge >= 0.3 is 7.82 Å². The third-order valence-electron chi connectivity index (χ3n) is 2.31. The van der Waals surface area contributed by atoms with Crippen LogP contribution in [0, 0.1) is 0 Å². The minimum absolute atomic E-state index is 0.277. The van der Waals surface area contributed by atoms with Crippen molar-refractivity contribution < 1.29 is 18.1 Å². The van der Waals surface area contributed by atoms with Crippen molar-refractivity contribution in [1.82, 2.24) is 0 Å². The summed E-state index contributed by atoms with van der Waals surface area (Å²) >= 11 is 0. The van der Waals surface area contributed by atoms with Gasteiger partial charge in [0.05, 0.1) is 19.3 Å². The average Bonchev–Trinajstić information content (AvgIpc) is 2.41. The van der Waals surface area contributed by atoms with Crippen molar-refractivity contribution in [2.45, 2.75) is 46.1 Å². The molecule has 0 amide bonds. The first-order chi connectivity index (χ1) is 9.61. The molecule has 5 heteroatoms. The Bertz CT molecular complexity index is 340. The van der Waals surface area contributed by atoms with Crippen molar-refractivity contribution in [3.63, 3.8) is 0 Å². The third kappa shape index (κ3) is 9.27. The third-order valence-corrected chi connectivity index (χ3v) is 3.99. The lowest BCUT2D eigenvalue weighted by Crippen LogP contribution is -2.10. The molecule has 0 aromatic heterocycles. The zero-order valence-corrected chi connectivity index (χ0v) is 13.7. The molecule has 0 aromatic carbocycles. The van der Waals surface area contributed by atoms with E-state index in [0.717, 1.165) is 12.8 Å². The Kier molecular flexibility index (Phi) is 11.7. The lowest BCUT2D eigenvalue weighted by molar-refractivity contribution is 0.102. The van der Waals surface area contributed by atoms with Gasteiger partial charge in [-0.3, -0.25) is 13.6 Å². The summed E-state index contributed by atoms with van der Waals surface area (Å²) in [7, 11) is -3.48. The van der Waals surface area contributed by atoms with Crippen LogP contribution in [0.1, 0.15) is 40.0 Å². The van der Waals surface area contributed by atoms with E-state index in [-0.39, 0.29) is 19.3 Å². The number of phosphoric acid groups is 1. The normalized spacial score (nSPS) is 14.2. The Morgan fingerprint density at radius 2 is 1.65 bits per heavy atom. The Morgan fingerprint density at radius 3 is 2.15 bits per heavy atom. The van der Waals surface area contributed by atoms with Crippen LogP contribution in [0.4, 0.5) is 0 Å². The van der Waals surface area contributed by atoms with Gasteiger partial charge in [0.15, 0.2) is 0 Å². The first kappa shape index (κ1) is 19.3. The minimum atomic E-state index is -3.48. The fourth-order valence-corrected chi connectivity index (χ4v) is 2.76. The predicted octanol–water partition coefficient (Wildman–Crippen LogP) is 5.04. The van der Waals surface area contributed by atoms with Gasteiger partial charge in [0.25, 0.3) is 0 Å². The lowest BCUT2D eigenvalue weighted by Gasteiger charge is -2.20. The number of hydrogen-bond donors (Lipinski definition) is 0. The molecular weight excluding hydrogens is 275 g/mol. The zero-order chi connectivity index (χ0) is 15.3. The fraction of sp³-hybridized carbons (Fsp3) is 0.600. The smallest absolute Gasteiger partial charge is 0.287 e. The van der Waals surface area contributed by atoms with Crippen molar-refractivity contribution in [3.8, 4) is 0 Å². The van der Waals surface area contributed by atoms with Crippen molar-refractivity contribution in [2.24, 2.45) is 0 Å². The SMILES string of the molecule is C=C[C@H](C/C=C\C/C=C\CC)OP(=O)(OCC)OCC. The van der Waals surface area contributed by atoms with E-state index in [9.17, 15) is 4.57 Å². The van der Waals surface area contributed by atoms with Crippen LogP contribution in [0.15, 0.2) is 37.0 Å². The molecule has 0 rings (SSSR count). The van der Waals surface area contributed by atoms with E-state index in [1.165, 1.54) is 0 Å². The molecule has 4 nitrogen and oxygen atoms in total. The second-order valence-electron chi connectivity index (χ2n) is 3.98. The number of hydrogen-bond acceptors (Lipinski definition) is 4. The van der Waals surface area contributed by atoms with Crippen LogP contribution >= 0.6 is 7.82 Å². The molecule has 0 fully saturated rings. The van der Waals surface area contributed by atoms with Crippen molar-refractivity contribution in [3.05, 3.63) is 37.0 Å². The summed E-state index contributed by atoms with van der Waals surface area (Å²) in [5.74, 6) is 0. The summed E-state index contributed by atoms with van der Waals surface area (Å²) in [6, 6.07) is 0. The topological polar surface area (TPSA) is 44.8 Å². The van der Waals surface area contributed by atoms with E-state index < -0.39 is 7.82 Å². The van der Waals surface area contributed by atoms with Gasteiger partial charge in [-0.25, -0.2) is 4.57 Å². The second-order valence-corrected chi connectivity index (χ2v) is 5.61. The number of allylic oxidation sites excluding steroid dienone is 3. The van der Waals surface area contributed by atoms with Gasteiger partial charge in [0.2, 0.25) is 0 Å². The standard InChI is InChI=1S/C15H27O4P/c1-5-9-10-11-12-13-14-15(6-2)19-20(16,17-7-3)18-8-4/h6,9-10,12-13,15H,2,5,7-8,11,14H2,1,3-4H3/b10-9-,13-12-/t15-/m1/s1. The summed E-state index contributed by atoms with van der Waals surface area (Å²) in [6.45, 7) is 9.84. The van der Waals surface area contributed by atoms with Gasteiger partial charge < -0.3 is 0 Å². The first-order valence-corrected chi connectivity index (χ1v) is 8.57. The van der Waals surface area contributed by atoms with Gasteiger partial charge in [0.1, 0.15) is 0 Å². The first-order valence-electron chi connectivity index (χ1n) is 7.11. The van der Waals surface area contributed by atoms with Gasteiger partial charge in [-0.2, -0.15) is 0 Å². The molecule has 0 N–H and O–H groups in total. The molecular formula is C15H27O4P. The maximum absolute atomic E-state index is 12.2. The molecule has 0 saturated carbocycles. The number of phosphoric ester groups is 1. The Morgan fingerprint density at radius 1 is 1.05 bits per heavy atom. The molecule has 0 radical (unpaired) electrons. The van der Waals surface area contributed by atoms with Gasteiger partial charge in [-0.05, 0) is 33.1 Å². The molecule has 0 bridgehead atoms. The molecule has 0 aliphatic heterocycles. The monoisotopic (exact) mass is 302 g/mol. The van der Waals surface area contributed by atoms with Crippen LogP contribution in [0.5, 0.6) is 0 Å². The molecule has 0 unspecified atom stereocenters. The van der Waals surface area contributed by atoms with Crippen LogP contribution in [0.25, 0.3) is 0 Å². The molecule has 20 heavy (non-hydrogen) atoms.